The highest BCUT2D eigenvalue weighted by atomic mass is 16.5. The molecule has 2 aromatic rings. The summed E-state index contributed by atoms with van der Waals surface area (Å²) in [7, 11) is 0. The highest BCUT2D eigenvalue weighted by Gasteiger charge is 2.32. The molecule has 1 aliphatic carbocycles. The smallest absolute Gasteiger partial charge is 0.195 e. The number of aromatic nitrogens is 3. The summed E-state index contributed by atoms with van der Waals surface area (Å²) in [4.78, 5) is 12.4. The van der Waals surface area contributed by atoms with Gasteiger partial charge in [-0.15, -0.1) is 5.10 Å². The average molecular weight is 281 g/mol. The van der Waals surface area contributed by atoms with Gasteiger partial charge in [0.1, 0.15) is 5.69 Å². The summed E-state index contributed by atoms with van der Waals surface area (Å²) in [5.74, 6) is -0.0582. The van der Waals surface area contributed by atoms with Crippen LogP contribution in [0.4, 0.5) is 0 Å². The molecule has 5 heteroatoms. The van der Waals surface area contributed by atoms with Gasteiger partial charge in [0.25, 0.3) is 0 Å². The van der Waals surface area contributed by atoms with E-state index in [1.54, 1.807) is 0 Å². The number of carbonyl (C=O) groups is 1. The van der Waals surface area contributed by atoms with Crippen LogP contribution in [-0.4, -0.2) is 34.0 Å². The first-order valence-corrected chi connectivity index (χ1v) is 7.13. The van der Waals surface area contributed by atoms with Crippen molar-refractivity contribution >= 4 is 11.4 Å². The Morgan fingerprint density at radius 1 is 1.19 bits per heavy atom. The molecule has 1 fully saturated rings. The molecule has 0 bridgehead atoms. The summed E-state index contributed by atoms with van der Waals surface area (Å²) in [5, 5.41) is 8.52. The summed E-state index contributed by atoms with van der Waals surface area (Å²) < 4.78 is 7.37. The maximum absolute atomic E-state index is 12.4. The van der Waals surface area contributed by atoms with E-state index in [2.05, 4.69) is 16.9 Å². The zero-order valence-corrected chi connectivity index (χ0v) is 11.6. The summed E-state index contributed by atoms with van der Waals surface area (Å²) in [6, 6.07) is 7.87. The van der Waals surface area contributed by atoms with Crippen LogP contribution >= 0.6 is 0 Å². The lowest BCUT2D eigenvalue weighted by atomic mass is 9.88. The summed E-state index contributed by atoms with van der Waals surface area (Å²) in [6.45, 7) is 5.38. The zero-order chi connectivity index (χ0) is 14.4. The maximum atomic E-state index is 12.4. The van der Waals surface area contributed by atoms with Crippen molar-refractivity contribution in [2.45, 2.75) is 18.9 Å². The maximum Gasteiger partial charge on any atom is 0.195 e. The number of fused-ring (bicyclic) bond motifs is 3. The normalized spacial score (nSPS) is 18.5. The van der Waals surface area contributed by atoms with Gasteiger partial charge in [-0.2, -0.15) is 0 Å². The van der Waals surface area contributed by atoms with Crippen molar-refractivity contribution < 1.29 is 9.53 Å². The molecule has 1 aromatic carbocycles. The van der Waals surface area contributed by atoms with Gasteiger partial charge in [0, 0.05) is 29.9 Å². The molecule has 1 saturated heterocycles. The number of benzene rings is 1. The predicted octanol–water partition coefficient (Wildman–Crippen LogP) is 2.51. The summed E-state index contributed by atoms with van der Waals surface area (Å²) >= 11 is 0. The molecule has 0 radical (unpaired) electrons. The number of nitrogens with zero attached hydrogens (tertiary/aromatic N) is 3. The van der Waals surface area contributed by atoms with Crippen molar-refractivity contribution in [2.24, 2.45) is 0 Å². The first kappa shape index (κ1) is 12.5. The van der Waals surface area contributed by atoms with E-state index in [0.717, 1.165) is 37.3 Å². The van der Waals surface area contributed by atoms with Crippen LogP contribution in [0.2, 0.25) is 0 Å². The molecule has 1 aliphatic heterocycles. The van der Waals surface area contributed by atoms with Crippen LogP contribution in [0.15, 0.2) is 30.8 Å². The highest BCUT2D eigenvalue weighted by molar-refractivity contribution is 6.33. The number of allylic oxidation sites excluding steroid dienone is 1. The van der Waals surface area contributed by atoms with E-state index >= 15 is 0 Å². The molecular weight excluding hydrogens is 266 g/mol. The Balaban J connectivity index is 1.91. The summed E-state index contributed by atoms with van der Waals surface area (Å²) in [6.07, 6.45) is 1.83. The second kappa shape index (κ2) is 4.63. The Morgan fingerprint density at radius 2 is 1.90 bits per heavy atom. The lowest BCUT2D eigenvalue weighted by Gasteiger charge is -2.25. The van der Waals surface area contributed by atoms with E-state index in [1.807, 2.05) is 28.9 Å². The molecule has 0 saturated carbocycles. The fourth-order valence-corrected chi connectivity index (χ4v) is 3.09. The number of carbonyl (C=O) groups excluding carboxylic acids is 1. The van der Waals surface area contributed by atoms with Crippen molar-refractivity contribution in [1.82, 2.24) is 15.0 Å². The Kier molecular flexibility index (Phi) is 2.75. The minimum absolute atomic E-state index is 0.0582. The second-order valence-corrected chi connectivity index (χ2v) is 5.43. The van der Waals surface area contributed by atoms with Crippen molar-refractivity contribution in [3.05, 3.63) is 42.1 Å². The van der Waals surface area contributed by atoms with Crippen molar-refractivity contribution in [3.8, 4) is 11.3 Å². The first-order valence-electron chi connectivity index (χ1n) is 7.13. The number of hydrogen-bond donors (Lipinski definition) is 0. The SMILES string of the molecule is C=C1C(=O)c2ccccc2-c2c1nnn2C1CCOCC1. The van der Waals surface area contributed by atoms with Crippen LogP contribution in [0.3, 0.4) is 0 Å². The van der Waals surface area contributed by atoms with E-state index in [9.17, 15) is 4.79 Å². The lowest BCUT2D eigenvalue weighted by molar-refractivity contribution is 0.0662. The molecular formula is C16H15N3O2. The van der Waals surface area contributed by atoms with E-state index in [-0.39, 0.29) is 11.8 Å². The number of rotatable bonds is 1. The Hall–Kier alpha value is -2.27. The molecule has 0 spiro atoms. The molecule has 106 valence electrons. The Bertz CT molecular complexity index is 742. The molecule has 2 heterocycles. The van der Waals surface area contributed by atoms with Crippen LogP contribution in [0.5, 0.6) is 0 Å². The molecule has 0 unspecified atom stereocenters. The minimum atomic E-state index is -0.0582. The van der Waals surface area contributed by atoms with Gasteiger partial charge in [0.15, 0.2) is 5.78 Å². The van der Waals surface area contributed by atoms with Gasteiger partial charge >= 0.3 is 0 Å². The van der Waals surface area contributed by atoms with Crippen LogP contribution in [0, 0.1) is 0 Å². The molecule has 21 heavy (non-hydrogen) atoms. The topological polar surface area (TPSA) is 57.0 Å². The van der Waals surface area contributed by atoms with Crippen LogP contribution in [0.1, 0.15) is 34.9 Å². The number of hydrogen-bond acceptors (Lipinski definition) is 4. The van der Waals surface area contributed by atoms with Crippen LogP contribution in [-0.2, 0) is 4.74 Å². The van der Waals surface area contributed by atoms with E-state index < -0.39 is 0 Å². The third kappa shape index (κ3) is 1.77. The third-order valence-corrected chi connectivity index (χ3v) is 4.22. The molecule has 0 amide bonds. The Morgan fingerprint density at radius 3 is 2.67 bits per heavy atom. The Labute approximate surface area is 122 Å². The monoisotopic (exact) mass is 281 g/mol. The van der Waals surface area contributed by atoms with Gasteiger partial charge in [-0.3, -0.25) is 4.79 Å². The van der Waals surface area contributed by atoms with Gasteiger partial charge in [0.05, 0.1) is 11.7 Å². The summed E-state index contributed by atoms with van der Waals surface area (Å²) in [5.41, 5.74) is 3.56. The number of ether oxygens (including phenoxy) is 1. The number of ketones is 1. The molecule has 5 nitrogen and oxygen atoms in total. The third-order valence-electron chi connectivity index (χ3n) is 4.22. The van der Waals surface area contributed by atoms with Gasteiger partial charge in [0.2, 0.25) is 0 Å². The van der Waals surface area contributed by atoms with E-state index in [4.69, 9.17) is 4.74 Å². The largest absolute Gasteiger partial charge is 0.381 e. The molecule has 0 N–H and O–H groups in total. The average Bonchev–Trinajstić information content (AvgIpc) is 2.99. The minimum Gasteiger partial charge on any atom is -0.381 e. The molecule has 4 rings (SSSR count). The standard InChI is InChI=1S/C16H15N3O2/c1-10-14-15(12-4-2-3-5-13(12)16(10)20)19(18-17-14)11-6-8-21-9-7-11/h2-5,11H,1,6-9H2. The van der Waals surface area contributed by atoms with Gasteiger partial charge < -0.3 is 4.74 Å². The van der Waals surface area contributed by atoms with Crippen molar-refractivity contribution in [3.63, 3.8) is 0 Å². The molecule has 1 aromatic heterocycles. The molecule has 0 atom stereocenters. The predicted molar refractivity (Wildman–Crippen MR) is 77.9 cm³/mol. The van der Waals surface area contributed by atoms with Crippen molar-refractivity contribution in [1.29, 1.82) is 0 Å². The fraction of sp³-hybridized carbons (Fsp3) is 0.312. The lowest BCUT2D eigenvalue weighted by Crippen LogP contribution is -2.22. The highest BCUT2D eigenvalue weighted by Crippen LogP contribution is 2.39. The van der Waals surface area contributed by atoms with Gasteiger partial charge in [-0.05, 0) is 12.8 Å². The quantitative estimate of drug-likeness (QED) is 0.754. The van der Waals surface area contributed by atoms with E-state index in [1.165, 1.54) is 0 Å². The van der Waals surface area contributed by atoms with Gasteiger partial charge in [-0.1, -0.05) is 36.1 Å². The van der Waals surface area contributed by atoms with Gasteiger partial charge in [-0.25, -0.2) is 4.68 Å². The van der Waals surface area contributed by atoms with E-state index in [0.29, 0.717) is 16.8 Å². The van der Waals surface area contributed by atoms with Crippen LogP contribution < -0.4 is 0 Å². The number of Topliss-reactive ketones (excluding diaryl/α,β-unsaturated/α-hetero) is 1. The second-order valence-electron chi connectivity index (χ2n) is 5.43. The zero-order valence-electron chi connectivity index (χ0n) is 11.6. The fourth-order valence-electron chi connectivity index (χ4n) is 3.09. The van der Waals surface area contributed by atoms with Crippen molar-refractivity contribution in [2.75, 3.05) is 13.2 Å². The molecule has 2 aliphatic rings. The first-order chi connectivity index (χ1) is 10.3. The van der Waals surface area contributed by atoms with Crippen LogP contribution in [0.25, 0.3) is 16.8 Å².